The molecule has 1 heterocycles. The van der Waals surface area contributed by atoms with Gasteiger partial charge in [-0.1, -0.05) is 12.1 Å². The summed E-state index contributed by atoms with van der Waals surface area (Å²) in [6.07, 6.45) is 0. The fourth-order valence-electron chi connectivity index (χ4n) is 1.90. The van der Waals surface area contributed by atoms with Crippen molar-refractivity contribution in [1.82, 2.24) is 10.2 Å². The second-order valence-corrected chi connectivity index (χ2v) is 3.95. The van der Waals surface area contributed by atoms with Crippen molar-refractivity contribution >= 4 is 5.69 Å². The molecule has 0 bridgehead atoms. The lowest BCUT2D eigenvalue weighted by molar-refractivity contribution is -0.384. The highest BCUT2D eigenvalue weighted by atomic mass is 16.6. The Morgan fingerprint density at radius 3 is 2.81 bits per heavy atom. The smallest absolute Gasteiger partial charge is 0.269 e. The predicted octanol–water partition coefficient (Wildman–Crippen LogP) is 1.00. The quantitative estimate of drug-likeness (QED) is 0.611. The number of non-ortho nitro benzene ring substituents is 1. The van der Waals surface area contributed by atoms with E-state index in [1.807, 2.05) is 6.07 Å². The lowest BCUT2D eigenvalue weighted by Gasteiger charge is -2.27. The Bertz CT molecular complexity index is 375. The molecule has 1 aliphatic heterocycles. The Kier molecular flexibility index (Phi) is 3.48. The highest BCUT2D eigenvalue weighted by molar-refractivity contribution is 5.34. The van der Waals surface area contributed by atoms with Gasteiger partial charge in [-0.3, -0.25) is 15.0 Å². The van der Waals surface area contributed by atoms with Crippen molar-refractivity contribution < 1.29 is 4.92 Å². The van der Waals surface area contributed by atoms with Crippen LogP contribution in [0.5, 0.6) is 0 Å². The molecule has 86 valence electrons. The molecule has 16 heavy (non-hydrogen) atoms. The fraction of sp³-hybridized carbons (Fsp3) is 0.455. The molecule has 5 heteroatoms. The fourth-order valence-corrected chi connectivity index (χ4v) is 1.90. The summed E-state index contributed by atoms with van der Waals surface area (Å²) in [5, 5.41) is 13.9. The van der Waals surface area contributed by atoms with E-state index in [4.69, 9.17) is 0 Å². The van der Waals surface area contributed by atoms with Crippen molar-refractivity contribution in [3.05, 3.63) is 39.9 Å². The lowest BCUT2D eigenvalue weighted by atomic mass is 10.2. The van der Waals surface area contributed by atoms with E-state index in [1.54, 1.807) is 12.1 Å². The summed E-state index contributed by atoms with van der Waals surface area (Å²) in [4.78, 5) is 12.6. The molecule has 0 atom stereocenters. The first kappa shape index (κ1) is 11.0. The Balaban J connectivity index is 2.02. The summed E-state index contributed by atoms with van der Waals surface area (Å²) in [6, 6.07) is 6.87. The second-order valence-electron chi connectivity index (χ2n) is 3.95. The van der Waals surface area contributed by atoms with Crippen LogP contribution < -0.4 is 5.32 Å². The first-order valence-electron chi connectivity index (χ1n) is 5.42. The minimum atomic E-state index is -0.346. The van der Waals surface area contributed by atoms with E-state index < -0.39 is 0 Å². The van der Waals surface area contributed by atoms with Crippen molar-refractivity contribution in [3.63, 3.8) is 0 Å². The summed E-state index contributed by atoms with van der Waals surface area (Å²) in [5.41, 5.74) is 1.18. The van der Waals surface area contributed by atoms with Crippen LogP contribution in [-0.4, -0.2) is 36.0 Å². The molecule has 0 aliphatic carbocycles. The molecule has 0 spiro atoms. The zero-order valence-corrected chi connectivity index (χ0v) is 9.06. The van der Waals surface area contributed by atoms with Gasteiger partial charge in [0.25, 0.3) is 5.69 Å². The van der Waals surface area contributed by atoms with E-state index in [0.717, 1.165) is 38.3 Å². The molecule has 1 aromatic carbocycles. The van der Waals surface area contributed by atoms with Gasteiger partial charge in [0.05, 0.1) is 4.92 Å². The van der Waals surface area contributed by atoms with Crippen molar-refractivity contribution in [2.24, 2.45) is 0 Å². The molecule has 0 unspecified atom stereocenters. The van der Waals surface area contributed by atoms with Gasteiger partial charge in [-0.15, -0.1) is 0 Å². The molecule has 0 aromatic heterocycles. The van der Waals surface area contributed by atoms with Crippen molar-refractivity contribution in [2.75, 3.05) is 26.2 Å². The molecule has 5 nitrogen and oxygen atoms in total. The van der Waals surface area contributed by atoms with Crippen LogP contribution in [0.1, 0.15) is 5.56 Å². The van der Waals surface area contributed by atoms with Crippen LogP contribution >= 0.6 is 0 Å². The molecule has 0 amide bonds. The van der Waals surface area contributed by atoms with Crippen LogP contribution in [0.3, 0.4) is 0 Å². The largest absolute Gasteiger partial charge is 0.314 e. The standard InChI is InChI=1S/C11H15N3O2/c15-14(16)11-3-1-2-10(8-11)9-13-6-4-12-5-7-13/h1-3,8,12H,4-7,9H2. The predicted molar refractivity (Wildman–Crippen MR) is 61.2 cm³/mol. The maximum atomic E-state index is 10.6. The number of rotatable bonds is 3. The van der Waals surface area contributed by atoms with Crippen molar-refractivity contribution in [2.45, 2.75) is 6.54 Å². The number of nitrogens with zero attached hydrogens (tertiary/aromatic N) is 2. The number of hydrogen-bond donors (Lipinski definition) is 1. The van der Waals surface area contributed by atoms with Gasteiger partial charge in [0.1, 0.15) is 0 Å². The van der Waals surface area contributed by atoms with E-state index in [1.165, 1.54) is 6.07 Å². The van der Waals surface area contributed by atoms with E-state index in [0.29, 0.717) is 0 Å². The van der Waals surface area contributed by atoms with E-state index in [2.05, 4.69) is 10.2 Å². The molecule has 0 saturated carbocycles. The lowest BCUT2D eigenvalue weighted by Crippen LogP contribution is -2.42. The summed E-state index contributed by atoms with van der Waals surface area (Å²) in [5.74, 6) is 0. The third-order valence-corrected chi connectivity index (χ3v) is 2.74. The average Bonchev–Trinajstić information content (AvgIpc) is 2.30. The SMILES string of the molecule is O=[N+]([O-])c1cccc(CN2CCNCC2)c1. The van der Waals surface area contributed by atoms with Gasteiger partial charge < -0.3 is 5.32 Å². The second kappa shape index (κ2) is 5.05. The maximum absolute atomic E-state index is 10.6. The highest BCUT2D eigenvalue weighted by Crippen LogP contribution is 2.14. The molecule has 0 radical (unpaired) electrons. The normalized spacial score (nSPS) is 17.2. The first-order valence-corrected chi connectivity index (χ1v) is 5.42. The van der Waals surface area contributed by atoms with Gasteiger partial charge in [0.15, 0.2) is 0 Å². The Morgan fingerprint density at radius 2 is 2.12 bits per heavy atom. The monoisotopic (exact) mass is 221 g/mol. The summed E-state index contributed by atoms with van der Waals surface area (Å²) in [6.45, 7) is 4.79. The number of benzene rings is 1. The minimum absolute atomic E-state index is 0.174. The first-order chi connectivity index (χ1) is 7.75. The number of nitrogens with one attached hydrogen (secondary N) is 1. The third kappa shape index (κ3) is 2.77. The summed E-state index contributed by atoms with van der Waals surface area (Å²) in [7, 11) is 0. The van der Waals surface area contributed by atoms with Crippen molar-refractivity contribution in [1.29, 1.82) is 0 Å². The van der Waals surface area contributed by atoms with Gasteiger partial charge in [-0.05, 0) is 5.56 Å². The molecule has 2 rings (SSSR count). The number of nitro benzene ring substituents is 1. The van der Waals surface area contributed by atoms with Gasteiger partial charge in [0, 0.05) is 44.9 Å². The number of nitro groups is 1. The zero-order chi connectivity index (χ0) is 11.4. The van der Waals surface area contributed by atoms with Crippen LogP contribution in [0.15, 0.2) is 24.3 Å². The van der Waals surface area contributed by atoms with Gasteiger partial charge in [-0.25, -0.2) is 0 Å². The van der Waals surface area contributed by atoms with Crippen LogP contribution in [0.2, 0.25) is 0 Å². The number of hydrogen-bond acceptors (Lipinski definition) is 4. The molecule has 1 fully saturated rings. The van der Waals surface area contributed by atoms with Crippen molar-refractivity contribution in [3.8, 4) is 0 Å². The molecule has 1 aliphatic rings. The highest BCUT2D eigenvalue weighted by Gasteiger charge is 2.11. The molecular formula is C11H15N3O2. The summed E-state index contributed by atoms with van der Waals surface area (Å²) < 4.78 is 0. The minimum Gasteiger partial charge on any atom is -0.314 e. The molecule has 1 saturated heterocycles. The zero-order valence-electron chi connectivity index (χ0n) is 9.06. The van der Waals surface area contributed by atoms with Crippen LogP contribution in [0.25, 0.3) is 0 Å². The molecule has 1 N–H and O–H groups in total. The maximum Gasteiger partial charge on any atom is 0.269 e. The Labute approximate surface area is 94.2 Å². The third-order valence-electron chi connectivity index (χ3n) is 2.74. The number of piperazine rings is 1. The van der Waals surface area contributed by atoms with E-state index in [9.17, 15) is 10.1 Å². The van der Waals surface area contributed by atoms with Gasteiger partial charge >= 0.3 is 0 Å². The van der Waals surface area contributed by atoms with E-state index >= 15 is 0 Å². The molecule has 1 aromatic rings. The molecular weight excluding hydrogens is 206 g/mol. The van der Waals surface area contributed by atoms with Crippen LogP contribution in [-0.2, 0) is 6.54 Å². The van der Waals surface area contributed by atoms with Gasteiger partial charge in [-0.2, -0.15) is 0 Å². The van der Waals surface area contributed by atoms with Crippen LogP contribution in [0, 0.1) is 10.1 Å². The van der Waals surface area contributed by atoms with Gasteiger partial charge in [0.2, 0.25) is 0 Å². The topological polar surface area (TPSA) is 58.4 Å². The summed E-state index contributed by atoms with van der Waals surface area (Å²) >= 11 is 0. The van der Waals surface area contributed by atoms with Crippen LogP contribution in [0.4, 0.5) is 5.69 Å². The average molecular weight is 221 g/mol. The Hall–Kier alpha value is -1.46. The Morgan fingerprint density at radius 1 is 1.38 bits per heavy atom. The van der Waals surface area contributed by atoms with E-state index in [-0.39, 0.29) is 10.6 Å².